The fraction of sp³-hybridized carbons (Fsp3) is 0.240. The van der Waals surface area contributed by atoms with Crippen LogP contribution in [0.1, 0.15) is 46.2 Å². The molecule has 0 aliphatic heterocycles. The molecule has 0 atom stereocenters. The number of benzene rings is 1. The van der Waals surface area contributed by atoms with Gasteiger partial charge in [-0.1, -0.05) is 13.3 Å². The molecule has 36 heavy (non-hydrogen) atoms. The van der Waals surface area contributed by atoms with Crippen molar-refractivity contribution >= 4 is 33.9 Å². The molecule has 0 unspecified atom stereocenters. The zero-order valence-corrected chi connectivity index (χ0v) is 20.0. The number of rotatable bonds is 8. The molecular formula is C25H23FN4O6. The van der Waals surface area contributed by atoms with Gasteiger partial charge in [-0.05, 0) is 31.9 Å². The number of aromatic hydroxyl groups is 1. The summed E-state index contributed by atoms with van der Waals surface area (Å²) in [6.45, 7) is 5.11. The Hall–Kier alpha value is -4.54. The second kappa shape index (κ2) is 9.61. The van der Waals surface area contributed by atoms with Crippen LogP contribution in [0, 0.1) is 29.8 Å². The van der Waals surface area contributed by atoms with Crippen LogP contribution in [0.5, 0.6) is 11.5 Å². The summed E-state index contributed by atoms with van der Waals surface area (Å²) in [5, 5.41) is 25.0. The van der Waals surface area contributed by atoms with Crippen molar-refractivity contribution in [1.82, 2.24) is 9.97 Å². The third-order valence-corrected chi connectivity index (χ3v) is 5.85. The third kappa shape index (κ3) is 4.19. The molecule has 0 aliphatic rings. The van der Waals surface area contributed by atoms with Crippen LogP contribution in [-0.4, -0.2) is 32.9 Å². The highest BCUT2D eigenvalue weighted by Gasteiger charge is 2.29. The Balaban J connectivity index is 1.85. The molecule has 4 aromatic rings. The first-order chi connectivity index (χ1) is 17.2. The van der Waals surface area contributed by atoms with E-state index in [0.29, 0.717) is 40.8 Å². The lowest BCUT2D eigenvalue weighted by molar-refractivity contribution is -0.384. The molecule has 2 N–H and O–H groups in total. The number of furan rings is 1. The van der Waals surface area contributed by atoms with Crippen molar-refractivity contribution < 1.29 is 28.4 Å². The number of methoxy groups -OCH3 is 1. The summed E-state index contributed by atoms with van der Waals surface area (Å²) < 4.78 is 25.9. The number of phenols is 1. The number of hydrogen-bond donors (Lipinski definition) is 2. The van der Waals surface area contributed by atoms with Gasteiger partial charge in [-0.15, -0.1) is 0 Å². The lowest BCUT2D eigenvalue weighted by atomic mass is 9.97. The number of anilines is 2. The Kier molecular flexibility index (Phi) is 6.56. The van der Waals surface area contributed by atoms with Crippen LogP contribution in [0.25, 0.3) is 11.0 Å². The monoisotopic (exact) mass is 494 g/mol. The van der Waals surface area contributed by atoms with Crippen molar-refractivity contribution in [3.05, 3.63) is 74.7 Å². The highest BCUT2D eigenvalue weighted by Crippen LogP contribution is 2.37. The summed E-state index contributed by atoms with van der Waals surface area (Å²) in [7, 11) is 1.35. The van der Waals surface area contributed by atoms with Crippen LogP contribution in [0.15, 0.2) is 35.1 Å². The van der Waals surface area contributed by atoms with Gasteiger partial charge >= 0.3 is 5.69 Å². The van der Waals surface area contributed by atoms with Crippen molar-refractivity contribution in [2.24, 2.45) is 0 Å². The van der Waals surface area contributed by atoms with Crippen molar-refractivity contribution in [2.75, 3.05) is 12.4 Å². The summed E-state index contributed by atoms with van der Waals surface area (Å²) in [5.74, 6) is -2.15. The van der Waals surface area contributed by atoms with E-state index in [1.807, 2.05) is 6.92 Å². The Morgan fingerprint density at radius 3 is 2.69 bits per heavy atom. The normalized spacial score (nSPS) is 11.0. The summed E-state index contributed by atoms with van der Waals surface area (Å²) in [5.41, 5.74) is 1.27. The first-order valence-corrected chi connectivity index (χ1v) is 11.1. The predicted molar refractivity (Wildman–Crippen MR) is 130 cm³/mol. The number of halogens is 1. The number of carbonyl (C=O) groups excluding carboxylic acids is 1. The fourth-order valence-electron chi connectivity index (χ4n) is 4.09. The summed E-state index contributed by atoms with van der Waals surface area (Å²) >= 11 is 0. The average Bonchev–Trinajstić information content (AvgIpc) is 3.20. The number of nitro groups is 1. The second-order valence-corrected chi connectivity index (χ2v) is 8.20. The Morgan fingerprint density at radius 2 is 2.03 bits per heavy atom. The minimum Gasteiger partial charge on any atom is -0.505 e. The number of carbonyl (C=O) groups is 1. The number of pyridine rings is 2. The number of nitrogens with zero attached hydrogens (tertiary/aromatic N) is 3. The van der Waals surface area contributed by atoms with Crippen molar-refractivity contribution in [1.29, 1.82) is 0 Å². The van der Waals surface area contributed by atoms with Gasteiger partial charge in [-0.2, -0.15) is 0 Å². The third-order valence-electron chi connectivity index (χ3n) is 5.85. The maximum absolute atomic E-state index is 14.9. The van der Waals surface area contributed by atoms with Crippen LogP contribution >= 0.6 is 0 Å². The van der Waals surface area contributed by atoms with Gasteiger partial charge in [0, 0.05) is 28.8 Å². The van der Waals surface area contributed by atoms with Crippen LogP contribution in [0.2, 0.25) is 0 Å². The second-order valence-electron chi connectivity index (χ2n) is 8.20. The van der Waals surface area contributed by atoms with E-state index >= 15 is 0 Å². The quantitative estimate of drug-likeness (QED) is 0.184. The molecule has 0 saturated carbocycles. The zero-order chi connectivity index (χ0) is 26.1. The van der Waals surface area contributed by atoms with E-state index in [1.54, 1.807) is 13.0 Å². The molecular weight excluding hydrogens is 471 g/mol. The molecule has 0 spiro atoms. The molecule has 10 nitrogen and oxygen atoms in total. The average molecular weight is 494 g/mol. The molecule has 0 amide bonds. The molecule has 11 heteroatoms. The highest BCUT2D eigenvalue weighted by molar-refractivity contribution is 6.12. The number of ether oxygens (including phenoxy) is 1. The molecule has 0 saturated heterocycles. The Bertz CT molecular complexity index is 1510. The van der Waals surface area contributed by atoms with E-state index in [0.717, 1.165) is 12.3 Å². The maximum Gasteiger partial charge on any atom is 0.311 e. The minimum absolute atomic E-state index is 0.0773. The van der Waals surface area contributed by atoms with Crippen molar-refractivity contribution in [3.63, 3.8) is 0 Å². The molecule has 0 aliphatic carbocycles. The van der Waals surface area contributed by atoms with Crippen molar-refractivity contribution in [2.45, 2.75) is 33.6 Å². The van der Waals surface area contributed by atoms with Gasteiger partial charge in [0.1, 0.15) is 23.5 Å². The van der Waals surface area contributed by atoms with E-state index in [4.69, 9.17) is 9.15 Å². The fourth-order valence-corrected chi connectivity index (χ4v) is 4.09. The van der Waals surface area contributed by atoms with E-state index in [-0.39, 0.29) is 34.0 Å². The van der Waals surface area contributed by atoms with Crippen LogP contribution in [-0.2, 0) is 6.42 Å². The molecule has 4 rings (SSSR count). The zero-order valence-electron chi connectivity index (χ0n) is 20.0. The smallest absolute Gasteiger partial charge is 0.311 e. The predicted octanol–water partition coefficient (Wildman–Crippen LogP) is 5.53. The van der Waals surface area contributed by atoms with Crippen molar-refractivity contribution in [3.8, 4) is 11.5 Å². The number of aryl methyl sites for hydroxylation is 2. The van der Waals surface area contributed by atoms with Crippen LogP contribution in [0.4, 0.5) is 21.6 Å². The van der Waals surface area contributed by atoms with Gasteiger partial charge in [0.25, 0.3) is 0 Å². The molecule has 1 aromatic carbocycles. The van der Waals surface area contributed by atoms with Gasteiger partial charge in [-0.3, -0.25) is 19.9 Å². The Morgan fingerprint density at radius 1 is 1.28 bits per heavy atom. The molecule has 0 bridgehead atoms. The maximum atomic E-state index is 14.9. The van der Waals surface area contributed by atoms with E-state index in [9.17, 15) is 24.4 Å². The Labute approximate surface area is 204 Å². The standard InChI is InChI=1S/C25H23FN4O6/c1-5-6-14-15-7-20(29-23-12(2)9-27-10-16(23)30(33)34)28-11-19(15)36-25(14)24(32)21-13(3)18(35-4)8-17(31)22(21)26/h7-11,31H,5-6H2,1-4H3,(H,27,28,29). The number of aromatic nitrogens is 2. The first-order valence-electron chi connectivity index (χ1n) is 11.1. The highest BCUT2D eigenvalue weighted by atomic mass is 19.1. The van der Waals surface area contributed by atoms with E-state index in [2.05, 4.69) is 15.3 Å². The SMILES string of the molecule is CCCc1c(C(=O)c2c(C)c(OC)cc(O)c2F)oc2cnc(Nc3c(C)cncc3[N+](=O)[O-])cc12. The number of phenolic OH excluding ortho intramolecular Hbond substituents is 1. The van der Waals surface area contributed by atoms with Gasteiger partial charge in [0.2, 0.25) is 5.78 Å². The van der Waals surface area contributed by atoms with E-state index in [1.165, 1.54) is 26.4 Å². The van der Waals surface area contributed by atoms with Gasteiger partial charge < -0.3 is 19.6 Å². The number of hydrogen-bond acceptors (Lipinski definition) is 9. The topological polar surface area (TPSA) is 141 Å². The number of nitrogens with one attached hydrogen (secondary N) is 1. The van der Waals surface area contributed by atoms with E-state index < -0.39 is 22.3 Å². The van der Waals surface area contributed by atoms with Crippen LogP contribution < -0.4 is 10.1 Å². The van der Waals surface area contributed by atoms with Gasteiger partial charge in [0.05, 0.1) is 23.8 Å². The lowest BCUT2D eigenvalue weighted by Crippen LogP contribution is -2.09. The molecule has 3 heterocycles. The lowest BCUT2D eigenvalue weighted by Gasteiger charge is -2.12. The van der Waals surface area contributed by atoms with Crippen LogP contribution in [0.3, 0.4) is 0 Å². The summed E-state index contributed by atoms with van der Waals surface area (Å²) in [4.78, 5) is 32.5. The molecule has 3 aromatic heterocycles. The summed E-state index contributed by atoms with van der Waals surface area (Å²) in [6, 6.07) is 2.73. The number of ketones is 1. The summed E-state index contributed by atoms with van der Waals surface area (Å²) in [6.07, 6.45) is 5.11. The molecule has 186 valence electrons. The molecule has 0 fully saturated rings. The number of fused-ring (bicyclic) bond motifs is 1. The first kappa shape index (κ1) is 24.6. The van der Waals surface area contributed by atoms with Gasteiger partial charge in [-0.25, -0.2) is 9.37 Å². The minimum atomic E-state index is -1.07. The van der Waals surface area contributed by atoms with Gasteiger partial charge in [0.15, 0.2) is 22.9 Å². The largest absolute Gasteiger partial charge is 0.505 e. The molecule has 0 radical (unpaired) electrons.